The van der Waals surface area contributed by atoms with E-state index in [4.69, 9.17) is 28.2 Å². The molecule has 2 N–H and O–H groups in total. The van der Waals surface area contributed by atoms with Crippen molar-refractivity contribution in [3.05, 3.63) is 47.0 Å². The van der Waals surface area contributed by atoms with Gasteiger partial charge in [-0.3, -0.25) is 4.79 Å². The fourth-order valence-electron chi connectivity index (χ4n) is 3.24. The van der Waals surface area contributed by atoms with Crippen LogP contribution in [-0.4, -0.2) is 16.0 Å². The maximum atomic E-state index is 12.0. The van der Waals surface area contributed by atoms with Crippen molar-refractivity contribution in [3.63, 3.8) is 0 Å². The zero-order valence-electron chi connectivity index (χ0n) is 18.1. The second-order valence-corrected chi connectivity index (χ2v) is 8.52. The Morgan fingerprint density at radius 1 is 1.19 bits per heavy atom. The van der Waals surface area contributed by atoms with Crippen LogP contribution in [-0.2, 0) is 4.79 Å². The molecule has 1 atom stereocenters. The largest absolute Gasteiger partial charge is 0.436 e. The van der Waals surface area contributed by atoms with Crippen molar-refractivity contribution in [2.24, 2.45) is 0 Å². The van der Waals surface area contributed by atoms with Crippen molar-refractivity contribution in [1.29, 1.82) is 0 Å². The van der Waals surface area contributed by atoms with Gasteiger partial charge in [-0.15, -0.1) is 0 Å². The third kappa shape index (κ3) is 6.05. The number of anilines is 1. The number of nitrogens with zero attached hydrogens (tertiary/aromatic N) is 1. The molecule has 0 bridgehead atoms. The summed E-state index contributed by atoms with van der Waals surface area (Å²) in [6.07, 6.45) is 4.44. The molecule has 0 aliphatic rings. The molecule has 0 saturated carbocycles. The first-order valence-corrected chi connectivity index (χ1v) is 11.5. The molecular weight excluding hydrogens is 430 g/mol. The molecule has 0 radical (unpaired) electrons. The van der Waals surface area contributed by atoms with Gasteiger partial charge in [-0.05, 0) is 66.9 Å². The number of carbonyl (C=O) groups excluding carboxylic acids is 1. The fraction of sp³-hybridized carbons (Fsp3) is 0.375. The number of hydrogen-bond donors (Lipinski definition) is 2. The minimum absolute atomic E-state index is 0.103. The van der Waals surface area contributed by atoms with Gasteiger partial charge in [-0.25, -0.2) is 4.98 Å². The molecular formula is C24H28ClN3O2S. The van der Waals surface area contributed by atoms with Crippen molar-refractivity contribution in [1.82, 2.24) is 10.3 Å². The molecule has 0 aliphatic carbocycles. The van der Waals surface area contributed by atoms with Gasteiger partial charge in [-0.1, -0.05) is 51.3 Å². The number of hydrogen-bond acceptors (Lipinski definition) is 4. The second-order valence-electron chi connectivity index (χ2n) is 7.71. The zero-order valence-corrected chi connectivity index (χ0v) is 19.7. The average Bonchev–Trinajstić information content (AvgIpc) is 3.18. The van der Waals surface area contributed by atoms with E-state index < -0.39 is 0 Å². The highest BCUT2D eigenvalue weighted by Gasteiger charge is 2.13. The predicted octanol–water partition coefficient (Wildman–Crippen LogP) is 7.06. The Labute approximate surface area is 193 Å². The smallest absolute Gasteiger partial charge is 0.227 e. The van der Waals surface area contributed by atoms with Gasteiger partial charge in [0.05, 0.1) is 10.7 Å². The van der Waals surface area contributed by atoms with Crippen LogP contribution in [0.4, 0.5) is 5.69 Å². The minimum atomic E-state index is -0.103. The van der Waals surface area contributed by atoms with Crippen molar-refractivity contribution in [3.8, 4) is 11.5 Å². The Kier molecular flexibility index (Phi) is 8.04. The maximum Gasteiger partial charge on any atom is 0.227 e. The number of aromatic nitrogens is 1. The van der Waals surface area contributed by atoms with E-state index >= 15 is 0 Å². The number of benzene rings is 2. The summed E-state index contributed by atoms with van der Waals surface area (Å²) in [4.78, 5) is 16.7. The highest BCUT2D eigenvalue weighted by molar-refractivity contribution is 7.80. The predicted molar refractivity (Wildman–Crippen MR) is 132 cm³/mol. The van der Waals surface area contributed by atoms with E-state index in [-0.39, 0.29) is 11.0 Å². The lowest BCUT2D eigenvalue weighted by atomic mass is 9.98. The molecule has 31 heavy (non-hydrogen) atoms. The van der Waals surface area contributed by atoms with Gasteiger partial charge in [0.25, 0.3) is 0 Å². The van der Waals surface area contributed by atoms with E-state index in [0.29, 0.717) is 28.9 Å². The summed E-state index contributed by atoms with van der Waals surface area (Å²) < 4.78 is 5.96. The van der Waals surface area contributed by atoms with Gasteiger partial charge in [0.1, 0.15) is 5.52 Å². The third-order valence-electron chi connectivity index (χ3n) is 5.31. The highest BCUT2D eigenvalue weighted by atomic mass is 35.5. The molecule has 5 nitrogen and oxygen atoms in total. The van der Waals surface area contributed by atoms with E-state index in [1.54, 1.807) is 6.07 Å². The van der Waals surface area contributed by atoms with Crippen LogP contribution < -0.4 is 10.6 Å². The third-order valence-corrected chi connectivity index (χ3v) is 5.85. The van der Waals surface area contributed by atoms with Gasteiger partial charge in [0, 0.05) is 12.0 Å². The zero-order chi connectivity index (χ0) is 22.4. The van der Waals surface area contributed by atoms with Gasteiger partial charge in [-0.2, -0.15) is 0 Å². The van der Waals surface area contributed by atoms with E-state index in [9.17, 15) is 4.79 Å². The minimum Gasteiger partial charge on any atom is -0.436 e. The van der Waals surface area contributed by atoms with Gasteiger partial charge >= 0.3 is 0 Å². The molecule has 3 rings (SSSR count). The van der Waals surface area contributed by atoms with E-state index in [1.165, 1.54) is 5.56 Å². The number of nitrogens with one attached hydrogen (secondary N) is 2. The molecule has 3 aromatic rings. The van der Waals surface area contributed by atoms with Crippen LogP contribution in [0.25, 0.3) is 22.6 Å². The van der Waals surface area contributed by atoms with Crippen LogP contribution >= 0.6 is 23.8 Å². The Morgan fingerprint density at radius 3 is 2.74 bits per heavy atom. The van der Waals surface area contributed by atoms with Crippen LogP contribution in [0, 0.1) is 0 Å². The topological polar surface area (TPSA) is 67.2 Å². The van der Waals surface area contributed by atoms with Crippen LogP contribution in [0.1, 0.15) is 64.4 Å². The van der Waals surface area contributed by atoms with Crippen LogP contribution in [0.15, 0.2) is 40.8 Å². The lowest BCUT2D eigenvalue weighted by Crippen LogP contribution is -2.34. The Balaban J connectivity index is 1.76. The first kappa shape index (κ1) is 23.2. The standard InChI is InChI=1S/C24H28ClN3O2S/c1-4-6-7-8-22(29)28-24(31)27-19-14-17(9-11-18(19)25)23-26-20-13-16(15(3)5-2)10-12-21(20)30-23/h9-15H,4-8H2,1-3H3,(H2,27,28,29,31)/t15-/m1/s1. The maximum absolute atomic E-state index is 12.0. The Bertz CT molecular complexity index is 1080. The highest BCUT2D eigenvalue weighted by Crippen LogP contribution is 2.31. The lowest BCUT2D eigenvalue weighted by molar-refractivity contribution is -0.119. The molecule has 1 amide bonds. The number of rotatable bonds is 8. The SMILES string of the molecule is CCCCCC(=O)NC(=S)Nc1cc(-c2nc3cc([C@H](C)CC)ccc3o2)ccc1Cl. The number of amides is 1. The van der Waals surface area contributed by atoms with E-state index in [2.05, 4.69) is 48.5 Å². The molecule has 0 fully saturated rings. The number of halogens is 1. The summed E-state index contributed by atoms with van der Waals surface area (Å²) in [6, 6.07) is 11.5. The van der Waals surface area contributed by atoms with Crippen LogP contribution in [0.5, 0.6) is 0 Å². The normalized spacial score (nSPS) is 12.0. The van der Waals surface area contributed by atoms with Gasteiger partial charge < -0.3 is 15.1 Å². The average molecular weight is 458 g/mol. The number of oxazole rings is 1. The number of fused-ring (bicyclic) bond motifs is 1. The molecule has 0 aliphatic heterocycles. The second kappa shape index (κ2) is 10.7. The summed E-state index contributed by atoms with van der Waals surface area (Å²) in [5, 5.41) is 6.41. The van der Waals surface area contributed by atoms with Gasteiger partial charge in [0.2, 0.25) is 11.8 Å². The fourth-order valence-corrected chi connectivity index (χ4v) is 3.63. The van der Waals surface area contributed by atoms with Crippen molar-refractivity contribution >= 4 is 51.6 Å². The first-order chi connectivity index (χ1) is 14.9. The quantitative estimate of drug-likeness (QED) is 0.280. The number of thiocarbonyl (C=S) groups is 1. The molecule has 164 valence electrons. The summed E-state index contributed by atoms with van der Waals surface area (Å²) in [5.74, 6) is 0.869. The molecule has 1 heterocycles. The summed E-state index contributed by atoms with van der Waals surface area (Å²) in [5.41, 5.74) is 4.16. The molecule has 1 aromatic heterocycles. The molecule has 0 spiro atoms. The lowest BCUT2D eigenvalue weighted by Gasteiger charge is -2.11. The van der Waals surface area contributed by atoms with E-state index in [0.717, 1.165) is 42.3 Å². The molecule has 2 aromatic carbocycles. The van der Waals surface area contributed by atoms with E-state index in [1.807, 2.05) is 18.2 Å². The molecule has 7 heteroatoms. The van der Waals surface area contributed by atoms with Crippen molar-refractivity contribution < 1.29 is 9.21 Å². The Morgan fingerprint density at radius 2 is 2.00 bits per heavy atom. The first-order valence-electron chi connectivity index (χ1n) is 10.7. The summed E-state index contributed by atoms with van der Waals surface area (Å²) in [6.45, 7) is 6.47. The molecule has 0 unspecified atom stereocenters. The van der Waals surface area contributed by atoms with Crippen LogP contribution in [0.3, 0.4) is 0 Å². The van der Waals surface area contributed by atoms with Crippen molar-refractivity contribution in [2.75, 3.05) is 5.32 Å². The number of carbonyl (C=O) groups is 1. The van der Waals surface area contributed by atoms with Gasteiger partial charge in [0.15, 0.2) is 10.7 Å². The number of unbranched alkanes of at least 4 members (excludes halogenated alkanes) is 2. The monoisotopic (exact) mass is 457 g/mol. The summed E-state index contributed by atoms with van der Waals surface area (Å²) in [7, 11) is 0. The Hall–Kier alpha value is -2.44. The molecule has 0 saturated heterocycles. The van der Waals surface area contributed by atoms with Crippen molar-refractivity contribution in [2.45, 2.75) is 58.8 Å². The summed E-state index contributed by atoms with van der Waals surface area (Å²) >= 11 is 11.6. The van der Waals surface area contributed by atoms with Crippen LogP contribution in [0.2, 0.25) is 5.02 Å².